The number of amides is 1. The summed E-state index contributed by atoms with van der Waals surface area (Å²) in [4.78, 5) is 13.7. The third-order valence-electron chi connectivity index (χ3n) is 3.49. The van der Waals surface area contributed by atoms with Crippen LogP contribution in [0.1, 0.15) is 33.6 Å². The van der Waals surface area contributed by atoms with Gasteiger partial charge in [0.15, 0.2) is 0 Å². The van der Waals surface area contributed by atoms with Gasteiger partial charge in [0.05, 0.1) is 12.5 Å². The highest BCUT2D eigenvalue weighted by Crippen LogP contribution is 2.25. The lowest BCUT2D eigenvalue weighted by atomic mass is 9.86. The van der Waals surface area contributed by atoms with Crippen LogP contribution in [-0.4, -0.2) is 35.6 Å². The van der Waals surface area contributed by atoms with Crippen LogP contribution < -0.4 is 0 Å². The third kappa shape index (κ3) is 3.20. The first-order valence-corrected chi connectivity index (χ1v) is 5.96. The minimum Gasteiger partial charge on any atom is -0.396 e. The summed E-state index contributed by atoms with van der Waals surface area (Å²) >= 11 is 0. The maximum atomic E-state index is 11.8. The van der Waals surface area contributed by atoms with Crippen LogP contribution in [0, 0.1) is 17.8 Å². The van der Waals surface area contributed by atoms with Crippen molar-refractivity contribution in [1.82, 2.24) is 4.90 Å². The summed E-state index contributed by atoms with van der Waals surface area (Å²) in [6, 6.07) is 0. The fraction of sp³-hybridized carbons (Fsp3) is 0.917. The highest BCUT2D eigenvalue weighted by Gasteiger charge is 2.26. The maximum Gasteiger partial charge on any atom is 0.227 e. The van der Waals surface area contributed by atoms with Gasteiger partial charge in [0.25, 0.3) is 0 Å². The highest BCUT2D eigenvalue weighted by atomic mass is 16.3. The Hall–Kier alpha value is -0.570. The SMILES string of the molecule is CC(C)C1CCN(C(=O)[C@H](C)CO)CC1. The molecule has 1 aliphatic rings. The van der Waals surface area contributed by atoms with Gasteiger partial charge in [0.2, 0.25) is 5.91 Å². The van der Waals surface area contributed by atoms with Crippen LogP contribution in [0.4, 0.5) is 0 Å². The molecule has 0 saturated carbocycles. The molecule has 1 heterocycles. The molecular formula is C12H23NO2. The van der Waals surface area contributed by atoms with Gasteiger partial charge in [-0.3, -0.25) is 4.79 Å². The van der Waals surface area contributed by atoms with E-state index in [9.17, 15) is 4.79 Å². The number of carbonyl (C=O) groups is 1. The van der Waals surface area contributed by atoms with E-state index in [2.05, 4.69) is 13.8 Å². The molecule has 0 radical (unpaired) electrons. The van der Waals surface area contributed by atoms with E-state index in [1.807, 2.05) is 4.90 Å². The zero-order valence-corrected chi connectivity index (χ0v) is 10.1. The Bertz CT molecular complexity index is 208. The second-order valence-electron chi connectivity index (χ2n) is 4.99. The van der Waals surface area contributed by atoms with Crippen molar-refractivity contribution < 1.29 is 9.90 Å². The van der Waals surface area contributed by atoms with E-state index < -0.39 is 0 Å². The minimum atomic E-state index is -0.236. The molecule has 0 aromatic heterocycles. The van der Waals surface area contributed by atoms with Crippen molar-refractivity contribution in [2.45, 2.75) is 33.6 Å². The van der Waals surface area contributed by atoms with Crippen LogP contribution >= 0.6 is 0 Å². The van der Waals surface area contributed by atoms with Crippen molar-refractivity contribution in [3.8, 4) is 0 Å². The topological polar surface area (TPSA) is 40.5 Å². The Morgan fingerprint density at radius 3 is 2.27 bits per heavy atom. The number of rotatable bonds is 3. The van der Waals surface area contributed by atoms with Gasteiger partial charge in [-0.1, -0.05) is 20.8 Å². The van der Waals surface area contributed by atoms with Crippen molar-refractivity contribution >= 4 is 5.91 Å². The summed E-state index contributed by atoms with van der Waals surface area (Å²) in [5.41, 5.74) is 0. The summed E-state index contributed by atoms with van der Waals surface area (Å²) in [6.07, 6.45) is 2.23. The lowest BCUT2D eigenvalue weighted by Gasteiger charge is -2.35. The predicted molar refractivity (Wildman–Crippen MR) is 60.4 cm³/mol. The van der Waals surface area contributed by atoms with Crippen LogP contribution in [0.5, 0.6) is 0 Å². The number of likely N-dealkylation sites (tertiary alicyclic amines) is 1. The molecule has 1 fully saturated rings. The van der Waals surface area contributed by atoms with Crippen molar-refractivity contribution in [3.05, 3.63) is 0 Å². The predicted octanol–water partition coefficient (Wildman–Crippen LogP) is 1.51. The fourth-order valence-corrected chi connectivity index (χ4v) is 2.18. The molecule has 0 aromatic carbocycles. The van der Waals surface area contributed by atoms with Gasteiger partial charge in [-0.2, -0.15) is 0 Å². The summed E-state index contributed by atoms with van der Waals surface area (Å²) in [7, 11) is 0. The maximum absolute atomic E-state index is 11.8. The zero-order chi connectivity index (χ0) is 11.4. The summed E-state index contributed by atoms with van der Waals surface area (Å²) < 4.78 is 0. The van der Waals surface area contributed by atoms with E-state index in [1.165, 1.54) is 0 Å². The molecule has 1 N–H and O–H groups in total. The first-order chi connectivity index (χ1) is 7.06. The molecule has 0 unspecified atom stereocenters. The molecule has 0 aromatic rings. The minimum absolute atomic E-state index is 0.0387. The third-order valence-corrected chi connectivity index (χ3v) is 3.49. The molecule has 1 atom stereocenters. The largest absolute Gasteiger partial charge is 0.396 e. The van der Waals surface area contributed by atoms with Crippen molar-refractivity contribution in [3.63, 3.8) is 0 Å². The molecule has 0 bridgehead atoms. The quantitative estimate of drug-likeness (QED) is 0.772. The Morgan fingerprint density at radius 1 is 1.33 bits per heavy atom. The Balaban J connectivity index is 2.40. The molecule has 1 aliphatic heterocycles. The lowest BCUT2D eigenvalue weighted by Crippen LogP contribution is -2.42. The summed E-state index contributed by atoms with van der Waals surface area (Å²) in [5.74, 6) is 1.36. The van der Waals surface area contributed by atoms with E-state index in [1.54, 1.807) is 6.92 Å². The number of hydrogen-bond donors (Lipinski definition) is 1. The number of aliphatic hydroxyl groups is 1. The van der Waals surface area contributed by atoms with E-state index in [-0.39, 0.29) is 18.4 Å². The van der Waals surface area contributed by atoms with Crippen molar-refractivity contribution in [2.24, 2.45) is 17.8 Å². The van der Waals surface area contributed by atoms with Gasteiger partial charge in [0.1, 0.15) is 0 Å². The van der Waals surface area contributed by atoms with Crippen LogP contribution in [-0.2, 0) is 4.79 Å². The van der Waals surface area contributed by atoms with Gasteiger partial charge in [-0.25, -0.2) is 0 Å². The monoisotopic (exact) mass is 213 g/mol. The van der Waals surface area contributed by atoms with Crippen LogP contribution in [0.15, 0.2) is 0 Å². The number of aliphatic hydroxyl groups excluding tert-OH is 1. The van der Waals surface area contributed by atoms with E-state index in [0.717, 1.165) is 37.8 Å². The fourth-order valence-electron chi connectivity index (χ4n) is 2.18. The number of carbonyl (C=O) groups excluding carboxylic acids is 1. The number of hydrogen-bond acceptors (Lipinski definition) is 2. The molecule has 15 heavy (non-hydrogen) atoms. The van der Waals surface area contributed by atoms with Gasteiger partial charge < -0.3 is 10.0 Å². The van der Waals surface area contributed by atoms with Gasteiger partial charge >= 0.3 is 0 Å². The van der Waals surface area contributed by atoms with E-state index in [4.69, 9.17) is 5.11 Å². The summed E-state index contributed by atoms with van der Waals surface area (Å²) in [5, 5.41) is 8.93. The molecule has 3 nitrogen and oxygen atoms in total. The van der Waals surface area contributed by atoms with Crippen LogP contribution in [0.25, 0.3) is 0 Å². The van der Waals surface area contributed by atoms with Crippen molar-refractivity contribution in [2.75, 3.05) is 19.7 Å². The highest BCUT2D eigenvalue weighted by molar-refractivity contribution is 5.78. The first kappa shape index (κ1) is 12.5. The normalized spacial score (nSPS) is 20.7. The first-order valence-electron chi connectivity index (χ1n) is 5.96. The molecule has 1 amide bonds. The van der Waals surface area contributed by atoms with Gasteiger partial charge in [-0.15, -0.1) is 0 Å². The average Bonchev–Trinajstić information content (AvgIpc) is 2.27. The molecule has 1 rings (SSSR count). The molecular weight excluding hydrogens is 190 g/mol. The lowest BCUT2D eigenvalue weighted by molar-refractivity contribution is -0.137. The molecule has 0 spiro atoms. The van der Waals surface area contributed by atoms with Crippen LogP contribution in [0.3, 0.4) is 0 Å². The zero-order valence-electron chi connectivity index (χ0n) is 10.1. The van der Waals surface area contributed by atoms with Crippen molar-refractivity contribution in [1.29, 1.82) is 0 Å². The van der Waals surface area contributed by atoms with Gasteiger partial charge in [0, 0.05) is 13.1 Å². The molecule has 3 heteroatoms. The van der Waals surface area contributed by atoms with E-state index >= 15 is 0 Å². The molecule has 0 aliphatic carbocycles. The second-order valence-corrected chi connectivity index (χ2v) is 4.99. The molecule has 88 valence electrons. The summed E-state index contributed by atoms with van der Waals surface area (Å²) in [6.45, 7) is 7.98. The Morgan fingerprint density at radius 2 is 1.87 bits per heavy atom. The Labute approximate surface area is 92.5 Å². The number of piperidine rings is 1. The van der Waals surface area contributed by atoms with Crippen LogP contribution in [0.2, 0.25) is 0 Å². The Kier molecular flexibility index (Phi) is 4.58. The standard InChI is InChI=1S/C12H23NO2/c1-9(2)11-4-6-13(7-5-11)12(15)10(3)8-14/h9-11,14H,4-8H2,1-3H3/t10-/m1/s1. The average molecular weight is 213 g/mol. The number of nitrogens with zero attached hydrogens (tertiary/aromatic N) is 1. The molecule has 1 saturated heterocycles. The van der Waals surface area contributed by atoms with E-state index in [0.29, 0.717) is 0 Å². The smallest absolute Gasteiger partial charge is 0.227 e. The van der Waals surface area contributed by atoms with Gasteiger partial charge in [-0.05, 0) is 24.7 Å². The second kappa shape index (κ2) is 5.50.